The third-order valence-electron chi connectivity index (χ3n) is 11.4. The third-order valence-corrected chi connectivity index (χ3v) is 12.6. The smallest absolute Gasteiger partial charge is 0.143 e. The summed E-state index contributed by atoms with van der Waals surface area (Å²) < 4.78 is 11.7. The van der Waals surface area contributed by atoms with Gasteiger partial charge < -0.3 is 13.9 Å². The lowest BCUT2D eigenvalue weighted by atomic mass is 10.0. The van der Waals surface area contributed by atoms with Gasteiger partial charge in [-0.25, -0.2) is 0 Å². The number of furan rings is 1. The number of nitrogens with zero attached hydrogens (tertiary/aromatic N) is 2. The minimum Gasteiger partial charge on any atom is -0.455 e. The van der Waals surface area contributed by atoms with Crippen LogP contribution >= 0.6 is 11.3 Å². The number of benzene rings is 9. The Kier molecular flexibility index (Phi) is 6.80. The molecule has 9 aromatic carbocycles. The van der Waals surface area contributed by atoms with E-state index in [0.717, 1.165) is 50.1 Å². The molecule has 56 heavy (non-hydrogen) atoms. The highest BCUT2D eigenvalue weighted by Gasteiger charge is 2.22. The predicted octanol–water partition coefficient (Wildman–Crippen LogP) is 15.3. The predicted molar refractivity (Wildman–Crippen MR) is 239 cm³/mol. The fraction of sp³-hybridized carbons (Fsp3) is 0. The van der Waals surface area contributed by atoms with Gasteiger partial charge in [0.15, 0.2) is 0 Å². The van der Waals surface area contributed by atoms with E-state index in [2.05, 4.69) is 204 Å². The van der Waals surface area contributed by atoms with E-state index in [9.17, 15) is 0 Å². The van der Waals surface area contributed by atoms with Gasteiger partial charge in [-0.1, -0.05) is 127 Å². The van der Waals surface area contributed by atoms with Crippen LogP contribution in [-0.2, 0) is 0 Å². The normalized spacial score (nSPS) is 11.9. The lowest BCUT2D eigenvalue weighted by molar-refractivity contribution is 0.672. The van der Waals surface area contributed by atoms with E-state index in [0.29, 0.717) is 0 Å². The average Bonchev–Trinajstić information content (AvgIpc) is 3.95. The molecule has 0 unspecified atom stereocenters. The molecule has 0 radical (unpaired) electrons. The van der Waals surface area contributed by atoms with E-state index in [1.165, 1.54) is 58.5 Å². The second kappa shape index (κ2) is 12.2. The van der Waals surface area contributed by atoms with Crippen molar-refractivity contribution in [2.24, 2.45) is 0 Å². The molecule has 0 amide bonds. The monoisotopic (exact) mass is 732 g/mol. The molecule has 0 N–H and O–H groups in total. The second-order valence-corrected chi connectivity index (χ2v) is 15.5. The van der Waals surface area contributed by atoms with Crippen LogP contribution in [0.25, 0.3) is 91.5 Å². The standard InChI is InChI=1S/C52H32N2OS/c1-2-15-38-33(12-1)28-31-44-50-47(23-11-24-48(50)55-51(38)44)53(35-29-26-34(27-30-35)39-19-10-20-43-42-18-5-8-25-49(42)56-52(39)43)36-13-9-14-37(32-36)54-45-21-6-3-16-40(45)41-17-4-7-22-46(41)54/h1-32H. The number of fused-ring (bicyclic) bond motifs is 11. The first kappa shape index (κ1) is 31.2. The SMILES string of the molecule is c1cc(N(c2ccc(-c3cccc4c3sc3ccccc34)cc2)c2cccc3oc4c5ccccc5ccc4c23)cc(-n2c3ccccc3c3ccccc32)c1. The first-order valence-corrected chi connectivity index (χ1v) is 19.8. The highest BCUT2D eigenvalue weighted by molar-refractivity contribution is 7.26. The van der Waals surface area contributed by atoms with Crippen molar-refractivity contribution in [2.45, 2.75) is 0 Å². The quantitative estimate of drug-likeness (QED) is 0.176. The lowest BCUT2D eigenvalue weighted by Crippen LogP contribution is -2.11. The molecule has 0 saturated heterocycles. The zero-order chi connectivity index (χ0) is 36.7. The third kappa shape index (κ3) is 4.63. The lowest BCUT2D eigenvalue weighted by Gasteiger charge is -2.27. The van der Waals surface area contributed by atoms with Gasteiger partial charge in [-0.15, -0.1) is 11.3 Å². The number of para-hydroxylation sites is 2. The number of aromatic nitrogens is 1. The topological polar surface area (TPSA) is 21.3 Å². The maximum absolute atomic E-state index is 6.72. The van der Waals surface area contributed by atoms with E-state index in [1.54, 1.807) is 0 Å². The highest BCUT2D eigenvalue weighted by Crippen LogP contribution is 2.46. The first-order valence-electron chi connectivity index (χ1n) is 19.0. The van der Waals surface area contributed by atoms with Gasteiger partial charge in [0.25, 0.3) is 0 Å². The Morgan fingerprint density at radius 3 is 1.96 bits per heavy atom. The van der Waals surface area contributed by atoms with Crippen LogP contribution in [0.5, 0.6) is 0 Å². The molecule has 0 aliphatic rings. The molecule has 12 aromatic rings. The summed E-state index contributed by atoms with van der Waals surface area (Å²) in [6.45, 7) is 0. The van der Waals surface area contributed by atoms with Crippen LogP contribution in [0.1, 0.15) is 0 Å². The van der Waals surface area contributed by atoms with Crippen molar-refractivity contribution >= 4 is 103 Å². The van der Waals surface area contributed by atoms with Crippen molar-refractivity contribution in [3.63, 3.8) is 0 Å². The summed E-state index contributed by atoms with van der Waals surface area (Å²) in [6.07, 6.45) is 0. The van der Waals surface area contributed by atoms with Crippen molar-refractivity contribution in [1.82, 2.24) is 4.57 Å². The second-order valence-electron chi connectivity index (χ2n) is 14.5. The van der Waals surface area contributed by atoms with Gasteiger partial charge in [0, 0.05) is 58.8 Å². The molecule has 0 fully saturated rings. The zero-order valence-electron chi connectivity index (χ0n) is 30.2. The van der Waals surface area contributed by atoms with Crippen LogP contribution in [0, 0.1) is 0 Å². The van der Waals surface area contributed by atoms with Gasteiger partial charge in [0.2, 0.25) is 0 Å². The van der Waals surface area contributed by atoms with Crippen molar-refractivity contribution in [1.29, 1.82) is 0 Å². The fourth-order valence-corrected chi connectivity index (χ4v) is 10.1. The number of anilines is 3. The number of hydrogen-bond donors (Lipinski definition) is 0. The minimum absolute atomic E-state index is 0.866. The Balaban J connectivity index is 1.08. The van der Waals surface area contributed by atoms with Crippen LogP contribution in [-0.4, -0.2) is 4.57 Å². The van der Waals surface area contributed by atoms with E-state index >= 15 is 0 Å². The average molecular weight is 733 g/mol. The molecular weight excluding hydrogens is 701 g/mol. The number of rotatable bonds is 5. The summed E-state index contributed by atoms with van der Waals surface area (Å²) in [7, 11) is 0. The van der Waals surface area contributed by atoms with Gasteiger partial charge >= 0.3 is 0 Å². The molecule has 0 aliphatic carbocycles. The van der Waals surface area contributed by atoms with Crippen molar-refractivity contribution in [2.75, 3.05) is 4.90 Å². The summed E-state index contributed by atoms with van der Waals surface area (Å²) in [5.41, 5.74) is 10.9. The molecule has 12 rings (SSSR count). The first-order chi connectivity index (χ1) is 27.8. The summed E-state index contributed by atoms with van der Waals surface area (Å²) in [5, 5.41) is 9.59. The largest absolute Gasteiger partial charge is 0.455 e. The molecule has 3 heterocycles. The van der Waals surface area contributed by atoms with Crippen LogP contribution in [0.4, 0.5) is 17.1 Å². The maximum atomic E-state index is 6.72. The Hall–Kier alpha value is -7.14. The van der Waals surface area contributed by atoms with Crippen LogP contribution in [0.3, 0.4) is 0 Å². The van der Waals surface area contributed by atoms with Crippen LogP contribution < -0.4 is 4.90 Å². The van der Waals surface area contributed by atoms with Gasteiger partial charge in [-0.3, -0.25) is 0 Å². The van der Waals surface area contributed by atoms with E-state index in [4.69, 9.17) is 4.42 Å². The Morgan fingerprint density at radius 2 is 1.14 bits per heavy atom. The van der Waals surface area contributed by atoms with Crippen molar-refractivity contribution in [3.8, 4) is 16.8 Å². The summed E-state index contributed by atoms with van der Waals surface area (Å²) in [6, 6.07) is 70.2. The molecule has 3 nitrogen and oxygen atoms in total. The molecule has 4 heteroatoms. The van der Waals surface area contributed by atoms with Crippen molar-refractivity contribution < 1.29 is 4.42 Å². The maximum Gasteiger partial charge on any atom is 0.143 e. The van der Waals surface area contributed by atoms with E-state index in [-0.39, 0.29) is 0 Å². The summed E-state index contributed by atoms with van der Waals surface area (Å²) in [4.78, 5) is 2.40. The molecule has 0 spiro atoms. The van der Waals surface area contributed by atoms with Gasteiger partial charge in [-0.05, 0) is 83.2 Å². The Bertz CT molecular complexity index is 3440. The number of hydrogen-bond acceptors (Lipinski definition) is 3. The minimum atomic E-state index is 0.866. The van der Waals surface area contributed by atoms with Gasteiger partial charge in [0.05, 0.1) is 22.1 Å². The highest BCUT2D eigenvalue weighted by atomic mass is 32.1. The zero-order valence-corrected chi connectivity index (χ0v) is 31.0. The van der Waals surface area contributed by atoms with Crippen LogP contribution in [0.2, 0.25) is 0 Å². The Labute approximate surface area is 326 Å². The van der Waals surface area contributed by atoms with Crippen LogP contribution in [0.15, 0.2) is 199 Å². The molecule has 0 saturated carbocycles. The van der Waals surface area contributed by atoms with E-state index in [1.807, 2.05) is 11.3 Å². The van der Waals surface area contributed by atoms with Gasteiger partial charge in [0.1, 0.15) is 11.2 Å². The number of thiophene rings is 1. The fourth-order valence-electron chi connectivity index (χ4n) is 8.89. The molecule has 0 atom stereocenters. The van der Waals surface area contributed by atoms with Crippen molar-refractivity contribution in [3.05, 3.63) is 194 Å². The molecular formula is C52H32N2OS. The van der Waals surface area contributed by atoms with E-state index < -0.39 is 0 Å². The summed E-state index contributed by atoms with van der Waals surface area (Å²) in [5.74, 6) is 0. The Morgan fingerprint density at radius 1 is 0.464 bits per heavy atom. The molecule has 0 bridgehead atoms. The molecule has 3 aromatic heterocycles. The molecule has 262 valence electrons. The molecule has 0 aliphatic heterocycles. The summed E-state index contributed by atoms with van der Waals surface area (Å²) >= 11 is 1.87. The van der Waals surface area contributed by atoms with Gasteiger partial charge in [-0.2, -0.15) is 0 Å².